The van der Waals surface area contributed by atoms with Gasteiger partial charge in [0.05, 0.1) is 0 Å². The van der Waals surface area contributed by atoms with E-state index in [9.17, 15) is 9.59 Å². The summed E-state index contributed by atoms with van der Waals surface area (Å²) in [6, 6.07) is 11.2. The molecule has 0 unspecified atom stereocenters. The van der Waals surface area contributed by atoms with Gasteiger partial charge in [-0.1, -0.05) is 18.2 Å². The summed E-state index contributed by atoms with van der Waals surface area (Å²) in [5.74, 6) is -0.339. The third-order valence-corrected chi connectivity index (χ3v) is 4.66. The fraction of sp³-hybridized carbons (Fsp3) is 0.381. The average Bonchev–Trinajstić information content (AvgIpc) is 2.70. The van der Waals surface area contributed by atoms with Gasteiger partial charge >= 0.3 is 0 Å². The highest BCUT2D eigenvalue weighted by Gasteiger charge is 2.24. The number of carbonyl (C=O) groups is 2. The Bertz CT molecular complexity index is 819. The molecular weight excluding hydrogens is 340 g/mol. The van der Waals surface area contributed by atoms with Gasteiger partial charge in [-0.2, -0.15) is 0 Å². The monoisotopic (exact) mass is 366 g/mol. The molecule has 0 bridgehead atoms. The highest BCUT2D eigenvalue weighted by molar-refractivity contribution is 6.06. The van der Waals surface area contributed by atoms with Gasteiger partial charge in [0.1, 0.15) is 5.69 Å². The van der Waals surface area contributed by atoms with Crippen LogP contribution in [0.25, 0.3) is 0 Å². The zero-order chi connectivity index (χ0) is 19.2. The topological polar surface area (TPSA) is 65.5 Å². The van der Waals surface area contributed by atoms with Crippen LogP contribution >= 0.6 is 0 Å². The molecule has 0 fully saturated rings. The maximum atomic E-state index is 13.0. The molecule has 6 nitrogen and oxygen atoms in total. The maximum Gasteiger partial charge on any atom is 0.276 e. The molecule has 0 radical (unpaired) electrons. The van der Waals surface area contributed by atoms with Gasteiger partial charge in [-0.25, -0.2) is 0 Å². The average molecular weight is 366 g/mol. The quantitative estimate of drug-likeness (QED) is 0.797. The van der Waals surface area contributed by atoms with Crippen LogP contribution in [-0.4, -0.2) is 55.4 Å². The fourth-order valence-electron chi connectivity index (χ4n) is 3.27. The second-order valence-electron chi connectivity index (χ2n) is 7.03. The third-order valence-electron chi connectivity index (χ3n) is 4.66. The summed E-state index contributed by atoms with van der Waals surface area (Å²) in [5.41, 5.74) is 2.87. The van der Waals surface area contributed by atoms with Crippen LogP contribution in [0.5, 0.6) is 0 Å². The van der Waals surface area contributed by atoms with Crippen molar-refractivity contribution in [3.63, 3.8) is 0 Å². The molecule has 142 valence electrons. The van der Waals surface area contributed by atoms with E-state index in [1.54, 1.807) is 17.0 Å². The van der Waals surface area contributed by atoms with Gasteiger partial charge in [-0.3, -0.25) is 14.6 Å². The zero-order valence-corrected chi connectivity index (χ0v) is 15.9. The van der Waals surface area contributed by atoms with Crippen molar-refractivity contribution in [1.29, 1.82) is 0 Å². The lowest BCUT2D eigenvalue weighted by atomic mass is 10.0. The molecule has 27 heavy (non-hydrogen) atoms. The van der Waals surface area contributed by atoms with Crippen molar-refractivity contribution in [3.05, 3.63) is 59.4 Å². The minimum Gasteiger partial charge on any atom is -0.352 e. The van der Waals surface area contributed by atoms with Gasteiger partial charge in [0.15, 0.2) is 0 Å². The number of hydrogen-bond donors (Lipinski definition) is 1. The number of rotatable bonds is 6. The van der Waals surface area contributed by atoms with Crippen LogP contribution in [0.4, 0.5) is 5.69 Å². The summed E-state index contributed by atoms with van der Waals surface area (Å²) in [5, 5.41) is 2.90. The van der Waals surface area contributed by atoms with Crippen molar-refractivity contribution in [2.75, 3.05) is 38.6 Å². The molecule has 3 rings (SSSR count). The number of para-hydroxylation sites is 1. The van der Waals surface area contributed by atoms with Crippen LogP contribution in [0, 0.1) is 0 Å². The van der Waals surface area contributed by atoms with Crippen LogP contribution in [0.2, 0.25) is 0 Å². The van der Waals surface area contributed by atoms with E-state index in [2.05, 4.69) is 21.3 Å². The number of benzene rings is 1. The minimum absolute atomic E-state index is 0.163. The molecule has 0 spiro atoms. The van der Waals surface area contributed by atoms with Gasteiger partial charge < -0.3 is 15.1 Å². The molecule has 0 saturated carbocycles. The van der Waals surface area contributed by atoms with Crippen LogP contribution in [0.15, 0.2) is 42.6 Å². The van der Waals surface area contributed by atoms with Gasteiger partial charge in [-0.05, 0) is 63.7 Å². The molecule has 0 saturated heterocycles. The number of hydrogen-bond acceptors (Lipinski definition) is 4. The number of aryl methyl sites for hydroxylation is 1. The Kier molecular flexibility index (Phi) is 6.19. The van der Waals surface area contributed by atoms with E-state index < -0.39 is 0 Å². The first kappa shape index (κ1) is 19.0. The summed E-state index contributed by atoms with van der Waals surface area (Å²) < 4.78 is 0. The summed E-state index contributed by atoms with van der Waals surface area (Å²) in [4.78, 5) is 33.4. The standard InChI is InChI=1S/C21H26N4O2/c1-24(2)13-6-11-23-20(26)17-10-12-22-18(15-17)21(27)25-14-5-8-16-7-3-4-9-19(16)25/h3-4,7,9-10,12,15H,5-6,8,11,13-14H2,1-2H3,(H,23,26). The predicted molar refractivity (Wildman–Crippen MR) is 106 cm³/mol. The lowest BCUT2D eigenvalue weighted by Gasteiger charge is -2.29. The Morgan fingerprint density at radius 2 is 2.04 bits per heavy atom. The van der Waals surface area contributed by atoms with Crippen molar-refractivity contribution >= 4 is 17.5 Å². The van der Waals surface area contributed by atoms with Crippen molar-refractivity contribution in [1.82, 2.24) is 15.2 Å². The summed E-state index contributed by atoms with van der Waals surface area (Å²) in [6.45, 7) is 2.18. The second-order valence-corrected chi connectivity index (χ2v) is 7.03. The lowest BCUT2D eigenvalue weighted by molar-refractivity contribution is 0.0952. The molecule has 1 aliphatic heterocycles. The number of nitrogens with zero attached hydrogens (tertiary/aromatic N) is 3. The summed E-state index contributed by atoms with van der Waals surface area (Å²) in [7, 11) is 4.00. The number of carbonyl (C=O) groups excluding carboxylic acids is 2. The molecule has 1 aromatic carbocycles. The molecule has 2 heterocycles. The Labute approximate surface area is 160 Å². The van der Waals surface area contributed by atoms with E-state index in [-0.39, 0.29) is 11.8 Å². The van der Waals surface area contributed by atoms with Crippen LogP contribution < -0.4 is 10.2 Å². The van der Waals surface area contributed by atoms with Gasteiger partial charge in [0.2, 0.25) is 0 Å². The first-order valence-electron chi connectivity index (χ1n) is 9.35. The molecule has 2 aromatic rings. The van der Waals surface area contributed by atoms with E-state index in [1.807, 2.05) is 32.3 Å². The molecule has 6 heteroatoms. The van der Waals surface area contributed by atoms with Crippen molar-refractivity contribution in [2.24, 2.45) is 0 Å². The lowest BCUT2D eigenvalue weighted by Crippen LogP contribution is -2.36. The van der Waals surface area contributed by atoms with Crippen molar-refractivity contribution in [3.8, 4) is 0 Å². The van der Waals surface area contributed by atoms with E-state index in [1.165, 1.54) is 11.8 Å². The normalized spacial score (nSPS) is 13.4. The molecule has 2 amide bonds. The van der Waals surface area contributed by atoms with E-state index >= 15 is 0 Å². The first-order chi connectivity index (χ1) is 13.1. The number of fused-ring (bicyclic) bond motifs is 1. The Morgan fingerprint density at radius 1 is 1.22 bits per heavy atom. The van der Waals surface area contributed by atoms with Crippen molar-refractivity contribution < 1.29 is 9.59 Å². The molecule has 0 atom stereocenters. The number of anilines is 1. The SMILES string of the molecule is CN(C)CCCNC(=O)c1ccnc(C(=O)N2CCCc3ccccc32)c1. The Balaban J connectivity index is 1.70. The van der Waals surface area contributed by atoms with Crippen molar-refractivity contribution in [2.45, 2.75) is 19.3 Å². The van der Waals surface area contributed by atoms with Gasteiger partial charge in [-0.15, -0.1) is 0 Å². The van der Waals surface area contributed by atoms with Gasteiger partial charge in [0, 0.05) is 30.5 Å². The predicted octanol–water partition coefficient (Wildman–Crippen LogP) is 2.36. The van der Waals surface area contributed by atoms with Crippen LogP contribution in [-0.2, 0) is 6.42 Å². The van der Waals surface area contributed by atoms with Crippen LogP contribution in [0.1, 0.15) is 39.3 Å². The first-order valence-corrected chi connectivity index (χ1v) is 9.35. The number of nitrogens with one attached hydrogen (secondary N) is 1. The molecule has 1 N–H and O–H groups in total. The van der Waals surface area contributed by atoms with E-state index in [4.69, 9.17) is 0 Å². The highest BCUT2D eigenvalue weighted by Crippen LogP contribution is 2.27. The summed E-state index contributed by atoms with van der Waals surface area (Å²) >= 11 is 0. The third kappa shape index (κ3) is 4.71. The molecule has 1 aromatic heterocycles. The molecule has 0 aliphatic carbocycles. The highest BCUT2D eigenvalue weighted by atomic mass is 16.2. The van der Waals surface area contributed by atoms with Gasteiger partial charge in [0.25, 0.3) is 11.8 Å². The Hall–Kier alpha value is -2.73. The Morgan fingerprint density at radius 3 is 2.85 bits per heavy atom. The smallest absolute Gasteiger partial charge is 0.276 e. The van der Waals surface area contributed by atoms with E-state index in [0.717, 1.165) is 31.5 Å². The number of amides is 2. The fourth-order valence-corrected chi connectivity index (χ4v) is 3.27. The largest absolute Gasteiger partial charge is 0.352 e. The minimum atomic E-state index is -0.177. The zero-order valence-electron chi connectivity index (χ0n) is 15.9. The van der Waals surface area contributed by atoms with Crippen LogP contribution in [0.3, 0.4) is 0 Å². The van der Waals surface area contributed by atoms with E-state index in [0.29, 0.717) is 24.3 Å². The maximum absolute atomic E-state index is 13.0. The summed E-state index contributed by atoms with van der Waals surface area (Å²) in [6.07, 6.45) is 4.30. The number of pyridine rings is 1. The molecule has 1 aliphatic rings. The molecular formula is C21H26N4O2. The number of aromatic nitrogens is 1. The second kappa shape index (κ2) is 8.77.